The average Bonchev–Trinajstić information content (AvgIpc) is 3.15. The zero-order chi connectivity index (χ0) is 13.5. The van der Waals surface area contributed by atoms with Crippen LogP contribution in [0, 0.1) is 0 Å². The number of aromatic nitrogens is 4. The van der Waals surface area contributed by atoms with Crippen LogP contribution >= 0.6 is 34.3 Å². The topological polar surface area (TPSA) is 43.1 Å². The molecule has 0 saturated heterocycles. The molecule has 0 N–H and O–H groups in total. The van der Waals surface area contributed by atoms with E-state index in [1.165, 1.54) is 11.3 Å². The van der Waals surface area contributed by atoms with Gasteiger partial charge in [0.25, 0.3) is 0 Å². The predicted octanol–water partition coefficient (Wildman–Crippen LogP) is 4.23. The van der Waals surface area contributed by atoms with Gasteiger partial charge in [0.15, 0.2) is 10.8 Å². The van der Waals surface area contributed by atoms with Gasteiger partial charge in [-0.3, -0.25) is 0 Å². The third kappa shape index (κ3) is 1.93. The Bertz CT molecular complexity index is 862. The van der Waals surface area contributed by atoms with Crippen LogP contribution < -0.4 is 0 Å². The summed E-state index contributed by atoms with van der Waals surface area (Å²) in [5.74, 6) is 0.732. The quantitative estimate of drug-likeness (QED) is 0.555. The van der Waals surface area contributed by atoms with E-state index < -0.39 is 0 Å². The van der Waals surface area contributed by atoms with Crippen LogP contribution in [0.15, 0.2) is 41.8 Å². The Morgan fingerprint density at radius 3 is 2.65 bits per heavy atom. The average molecular weight is 319 g/mol. The van der Waals surface area contributed by atoms with Crippen molar-refractivity contribution in [3.8, 4) is 21.3 Å². The second kappa shape index (κ2) is 4.66. The van der Waals surface area contributed by atoms with Crippen LogP contribution in [0.2, 0.25) is 5.02 Å². The van der Waals surface area contributed by atoms with Crippen LogP contribution in [0.4, 0.5) is 0 Å². The maximum Gasteiger partial charge on any atom is 0.235 e. The van der Waals surface area contributed by atoms with Crippen LogP contribution in [0.3, 0.4) is 0 Å². The van der Waals surface area contributed by atoms with E-state index in [4.69, 9.17) is 11.6 Å². The van der Waals surface area contributed by atoms with E-state index >= 15 is 0 Å². The number of hydrogen-bond donors (Lipinski definition) is 0. The number of rotatable bonds is 2. The molecule has 3 heterocycles. The van der Waals surface area contributed by atoms with Crippen molar-refractivity contribution in [3.05, 3.63) is 46.8 Å². The third-order valence-corrected chi connectivity index (χ3v) is 5.02. The lowest BCUT2D eigenvalue weighted by atomic mass is 10.2. The monoisotopic (exact) mass is 318 g/mol. The standard InChI is InChI=1S/C13H7ClN4S2/c14-9-5-3-8(4-6-9)11-15-16-13-18(11)17-12(20-13)10-2-1-7-19-10/h1-7H. The molecule has 1 aromatic carbocycles. The number of nitrogens with zero attached hydrogens (tertiary/aromatic N) is 4. The molecule has 4 aromatic rings. The van der Waals surface area contributed by atoms with Crippen molar-refractivity contribution in [2.45, 2.75) is 0 Å². The summed E-state index contributed by atoms with van der Waals surface area (Å²) in [6.45, 7) is 0. The van der Waals surface area contributed by atoms with Gasteiger partial charge in [-0.2, -0.15) is 9.61 Å². The first-order valence-electron chi connectivity index (χ1n) is 5.83. The van der Waals surface area contributed by atoms with Crippen molar-refractivity contribution in [1.82, 2.24) is 19.8 Å². The highest BCUT2D eigenvalue weighted by atomic mass is 35.5. The molecule has 0 saturated carbocycles. The molecule has 0 atom stereocenters. The number of hydrogen-bond acceptors (Lipinski definition) is 5. The van der Waals surface area contributed by atoms with E-state index in [1.807, 2.05) is 35.7 Å². The molecule has 0 radical (unpaired) electrons. The molecule has 0 aliphatic rings. The molecular formula is C13H7ClN4S2. The van der Waals surface area contributed by atoms with Crippen LogP contribution in [-0.4, -0.2) is 19.8 Å². The summed E-state index contributed by atoms with van der Waals surface area (Å²) in [5.41, 5.74) is 0.949. The van der Waals surface area contributed by atoms with Crippen molar-refractivity contribution >= 4 is 39.2 Å². The van der Waals surface area contributed by atoms with Crippen LogP contribution in [-0.2, 0) is 0 Å². The molecule has 0 bridgehead atoms. The van der Waals surface area contributed by atoms with Crippen molar-refractivity contribution < 1.29 is 0 Å². The fourth-order valence-corrected chi connectivity index (χ4v) is 3.65. The minimum Gasteiger partial charge on any atom is -0.182 e. The van der Waals surface area contributed by atoms with Gasteiger partial charge < -0.3 is 0 Å². The van der Waals surface area contributed by atoms with Gasteiger partial charge >= 0.3 is 0 Å². The van der Waals surface area contributed by atoms with Crippen molar-refractivity contribution in [2.24, 2.45) is 0 Å². The van der Waals surface area contributed by atoms with Gasteiger partial charge in [0, 0.05) is 10.6 Å². The molecule has 0 unspecified atom stereocenters. The smallest absolute Gasteiger partial charge is 0.182 e. The Morgan fingerprint density at radius 2 is 1.90 bits per heavy atom. The summed E-state index contributed by atoms with van der Waals surface area (Å²) in [6.07, 6.45) is 0. The molecule has 4 rings (SSSR count). The number of thiophene rings is 1. The summed E-state index contributed by atoms with van der Waals surface area (Å²) >= 11 is 9.11. The Morgan fingerprint density at radius 1 is 1.05 bits per heavy atom. The molecule has 0 amide bonds. The lowest BCUT2D eigenvalue weighted by Gasteiger charge is -1.96. The first-order valence-corrected chi connectivity index (χ1v) is 7.91. The van der Waals surface area contributed by atoms with E-state index in [1.54, 1.807) is 15.9 Å². The minimum atomic E-state index is 0.701. The normalized spacial score (nSPS) is 11.2. The van der Waals surface area contributed by atoms with Gasteiger partial charge in [0.1, 0.15) is 0 Å². The molecule has 0 aliphatic heterocycles. The lowest BCUT2D eigenvalue weighted by Crippen LogP contribution is -1.90. The first kappa shape index (κ1) is 12.0. The number of benzene rings is 1. The van der Waals surface area contributed by atoms with Crippen LogP contribution in [0.1, 0.15) is 0 Å². The minimum absolute atomic E-state index is 0.701. The Kier molecular flexibility index (Phi) is 2.80. The van der Waals surface area contributed by atoms with Gasteiger partial charge in [-0.1, -0.05) is 29.0 Å². The first-order chi connectivity index (χ1) is 9.81. The zero-order valence-corrected chi connectivity index (χ0v) is 12.4. The summed E-state index contributed by atoms with van der Waals surface area (Å²) in [7, 11) is 0. The fourth-order valence-electron chi connectivity index (χ4n) is 1.90. The molecule has 0 aliphatic carbocycles. The van der Waals surface area contributed by atoms with E-state index in [2.05, 4.69) is 21.4 Å². The van der Waals surface area contributed by atoms with Crippen molar-refractivity contribution in [3.63, 3.8) is 0 Å². The summed E-state index contributed by atoms with van der Waals surface area (Å²) < 4.78 is 1.78. The third-order valence-electron chi connectivity index (χ3n) is 2.83. The van der Waals surface area contributed by atoms with Gasteiger partial charge in [0.2, 0.25) is 4.96 Å². The second-order valence-electron chi connectivity index (χ2n) is 4.11. The van der Waals surface area contributed by atoms with Gasteiger partial charge in [-0.15, -0.1) is 21.5 Å². The zero-order valence-electron chi connectivity index (χ0n) is 10.0. The summed E-state index contributed by atoms with van der Waals surface area (Å²) in [6, 6.07) is 11.6. The molecule has 0 fully saturated rings. The summed E-state index contributed by atoms with van der Waals surface area (Å²) in [5, 5.41) is 16.7. The Balaban J connectivity index is 1.86. The molecule has 0 spiro atoms. The van der Waals surface area contributed by atoms with E-state index in [-0.39, 0.29) is 0 Å². The molecule has 3 aromatic heterocycles. The van der Waals surface area contributed by atoms with Crippen LogP contribution in [0.25, 0.3) is 26.2 Å². The maximum atomic E-state index is 5.91. The van der Waals surface area contributed by atoms with E-state index in [9.17, 15) is 0 Å². The number of fused-ring (bicyclic) bond motifs is 1. The molecule has 7 heteroatoms. The summed E-state index contributed by atoms with van der Waals surface area (Å²) in [4.78, 5) is 1.93. The van der Waals surface area contributed by atoms with E-state index in [0.29, 0.717) is 5.02 Å². The Hall–Kier alpha value is -1.76. The molecular weight excluding hydrogens is 312 g/mol. The highest BCUT2D eigenvalue weighted by molar-refractivity contribution is 7.23. The van der Waals surface area contributed by atoms with Crippen molar-refractivity contribution in [1.29, 1.82) is 0 Å². The van der Waals surface area contributed by atoms with Gasteiger partial charge in [-0.25, -0.2) is 0 Å². The molecule has 4 nitrogen and oxygen atoms in total. The predicted molar refractivity (Wildman–Crippen MR) is 82.4 cm³/mol. The SMILES string of the molecule is Clc1ccc(-c2nnc3sc(-c4cccs4)nn23)cc1. The largest absolute Gasteiger partial charge is 0.235 e. The highest BCUT2D eigenvalue weighted by Gasteiger charge is 2.14. The van der Waals surface area contributed by atoms with E-state index in [0.717, 1.165) is 26.2 Å². The number of halogens is 1. The van der Waals surface area contributed by atoms with Crippen LogP contribution in [0.5, 0.6) is 0 Å². The fraction of sp³-hybridized carbons (Fsp3) is 0. The van der Waals surface area contributed by atoms with Gasteiger partial charge in [-0.05, 0) is 35.7 Å². The molecule has 98 valence electrons. The van der Waals surface area contributed by atoms with Gasteiger partial charge in [0.05, 0.1) is 4.88 Å². The maximum absolute atomic E-state index is 5.91. The Labute approximate surface area is 127 Å². The highest BCUT2D eigenvalue weighted by Crippen LogP contribution is 2.30. The molecule has 20 heavy (non-hydrogen) atoms. The second-order valence-corrected chi connectivity index (χ2v) is 6.45. The van der Waals surface area contributed by atoms with Crippen molar-refractivity contribution in [2.75, 3.05) is 0 Å². The lowest BCUT2D eigenvalue weighted by molar-refractivity contribution is 0.972.